The van der Waals surface area contributed by atoms with E-state index in [0.717, 1.165) is 16.0 Å². The molecule has 0 bridgehead atoms. The van der Waals surface area contributed by atoms with Crippen LogP contribution < -0.4 is 37.6 Å². The number of alkyl carbamates (subject to hydrolysis) is 1. The second kappa shape index (κ2) is 35.1. The summed E-state index contributed by atoms with van der Waals surface area (Å²) in [6.07, 6.45) is 7.43. The molecule has 0 saturated heterocycles. The topological polar surface area (TPSA) is 381 Å². The molecule has 0 saturated carbocycles. The molecule has 4 heterocycles. The summed E-state index contributed by atoms with van der Waals surface area (Å²) in [5, 5.41) is 36.5. The molecule has 1 aliphatic heterocycles. The number of hydrogen-bond donors (Lipinski definition) is 9. The van der Waals surface area contributed by atoms with Gasteiger partial charge in [0.05, 0.1) is 89.7 Å². The van der Waals surface area contributed by atoms with E-state index in [9.17, 15) is 48.3 Å². The monoisotopic (exact) mass is 1210 g/mol. The van der Waals surface area contributed by atoms with E-state index in [-0.39, 0.29) is 123 Å². The van der Waals surface area contributed by atoms with E-state index in [4.69, 9.17) is 29.4 Å². The zero-order chi connectivity index (χ0) is 62.5. The lowest BCUT2D eigenvalue weighted by Gasteiger charge is -2.27. The van der Waals surface area contributed by atoms with Gasteiger partial charge in [0.15, 0.2) is 0 Å². The van der Waals surface area contributed by atoms with Crippen LogP contribution in [0.1, 0.15) is 51.5 Å². The molecule has 3 aromatic heterocycles. The lowest BCUT2D eigenvalue weighted by molar-refractivity contribution is -0.139. The Morgan fingerprint density at radius 3 is 2.07 bits per heavy atom. The van der Waals surface area contributed by atoms with Gasteiger partial charge in [0.1, 0.15) is 30.5 Å². The highest BCUT2D eigenvalue weighted by molar-refractivity contribution is 6.12. The summed E-state index contributed by atoms with van der Waals surface area (Å²) in [6.45, 7) is 5.21. The molecule has 28 nitrogen and oxygen atoms in total. The number of rotatable bonds is 38. The van der Waals surface area contributed by atoms with Gasteiger partial charge in [-0.25, -0.2) is 14.0 Å². The number of amides is 9. The van der Waals surface area contributed by atoms with Crippen molar-refractivity contribution in [2.75, 3.05) is 77.8 Å². The number of anilines is 1. The number of carbonyl (C=O) groups excluding carboxylic acids is 8. The number of nitrogens with zero attached hydrogens (tertiary/aromatic N) is 5. The van der Waals surface area contributed by atoms with E-state index in [1.807, 2.05) is 12.1 Å². The van der Waals surface area contributed by atoms with Crippen molar-refractivity contribution in [1.29, 1.82) is 0 Å². The normalized spacial score (nSPS) is 13.0. The smallest absolute Gasteiger partial charge is 0.407 e. The minimum absolute atomic E-state index is 0.0127. The van der Waals surface area contributed by atoms with Gasteiger partial charge in [-0.05, 0) is 72.7 Å². The summed E-state index contributed by atoms with van der Waals surface area (Å²) < 4.78 is 43.8. The van der Waals surface area contributed by atoms with Gasteiger partial charge < -0.3 is 66.4 Å². The maximum atomic E-state index is 15.2. The first-order valence-corrected chi connectivity index (χ1v) is 28.0. The number of carboxylic acids is 1. The standard InChI is InChI=1S/C58H72FN13O15/c1-37(2)52(69-55(79)47(14-17-51(76)77)67-48(73)18-24-83-26-28-85-30-31-86-29-27-84-25-23-72-49(74)15-16-50(72)75)56(80)68-46(7-5-20-62-57(60)81)54(78)66-41-11-8-38(9-12-41)36-87-58(82)63-21-22-71-35-40(33-65-71)42-32-39(10-13-44(42)59)43-34-64-70-53(43)45-6-3-4-19-61-45/h3-4,6,8-13,15-16,19,32-35,37,46-47,52H,5,7,14,17-18,20-31,36H2,1-2H3,(H,63,82)(H,64,70)(H,66,78)(H,67,73)(H,68,80)(H,69,79)(H,76,77)(H3,60,62,81)/t46-,47-,52-/m0/s1. The zero-order valence-corrected chi connectivity index (χ0v) is 48.1. The van der Waals surface area contributed by atoms with Crippen molar-refractivity contribution in [2.45, 2.75) is 77.2 Å². The third kappa shape index (κ3) is 22.5. The molecule has 0 aliphatic carbocycles. The number of nitrogens with one attached hydrogen (secondary N) is 7. The Bertz CT molecular complexity index is 3120. The minimum Gasteiger partial charge on any atom is -0.481 e. The van der Waals surface area contributed by atoms with Crippen LogP contribution in [0.15, 0.2) is 97.6 Å². The molecule has 87 heavy (non-hydrogen) atoms. The van der Waals surface area contributed by atoms with E-state index in [1.165, 1.54) is 24.4 Å². The lowest BCUT2D eigenvalue weighted by Crippen LogP contribution is -2.58. The second-order valence-corrected chi connectivity index (χ2v) is 19.9. The number of aromatic nitrogens is 5. The predicted molar refractivity (Wildman–Crippen MR) is 310 cm³/mol. The average Bonchev–Trinajstić information content (AvgIpc) is 2.59. The van der Waals surface area contributed by atoms with Crippen molar-refractivity contribution in [1.82, 2.24) is 56.4 Å². The number of ether oxygens (including phenoxy) is 5. The molecule has 1 aliphatic rings. The van der Waals surface area contributed by atoms with Gasteiger partial charge in [0.25, 0.3) is 11.8 Å². The van der Waals surface area contributed by atoms with E-state index in [2.05, 4.69) is 52.2 Å². The van der Waals surface area contributed by atoms with E-state index >= 15 is 4.39 Å². The molecule has 0 unspecified atom stereocenters. The molecule has 466 valence electrons. The van der Waals surface area contributed by atoms with Crippen molar-refractivity contribution in [2.24, 2.45) is 11.7 Å². The van der Waals surface area contributed by atoms with E-state index < -0.39 is 78.0 Å². The minimum atomic E-state index is -1.36. The molecule has 0 fully saturated rings. The summed E-state index contributed by atoms with van der Waals surface area (Å²) in [5.41, 5.74) is 9.80. The Morgan fingerprint density at radius 1 is 0.713 bits per heavy atom. The van der Waals surface area contributed by atoms with Crippen LogP contribution in [0, 0.1) is 11.7 Å². The largest absolute Gasteiger partial charge is 0.481 e. The summed E-state index contributed by atoms with van der Waals surface area (Å²) in [4.78, 5) is 118. The van der Waals surface area contributed by atoms with Gasteiger partial charge in [0, 0.05) is 72.9 Å². The van der Waals surface area contributed by atoms with Crippen LogP contribution in [0.3, 0.4) is 0 Å². The molecule has 9 amide bonds. The van der Waals surface area contributed by atoms with Crippen molar-refractivity contribution in [3.8, 4) is 33.6 Å². The molecule has 6 rings (SSSR count). The van der Waals surface area contributed by atoms with E-state index in [0.29, 0.717) is 33.8 Å². The number of H-pyrrole nitrogens is 1. The maximum absolute atomic E-state index is 15.2. The summed E-state index contributed by atoms with van der Waals surface area (Å²) in [6, 6.07) is 12.0. The molecule has 0 spiro atoms. The zero-order valence-electron chi connectivity index (χ0n) is 48.1. The van der Waals surface area contributed by atoms with Gasteiger partial charge in [0.2, 0.25) is 23.6 Å². The number of nitrogens with two attached hydrogens (primary N) is 1. The van der Waals surface area contributed by atoms with Gasteiger partial charge in [-0.1, -0.05) is 38.1 Å². The first-order chi connectivity index (χ1) is 41.9. The van der Waals surface area contributed by atoms with Crippen LogP contribution in [0.25, 0.3) is 33.6 Å². The highest BCUT2D eigenvalue weighted by atomic mass is 19.1. The first-order valence-electron chi connectivity index (χ1n) is 28.0. The third-order valence-electron chi connectivity index (χ3n) is 13.1. The number of hydrogen-bond acceptors (Lipinski definition) is 17. The number of pyridine rings is 1. The number of urea groups is 1. The summed E-state index contributed by atoms with van der Waals surface area (Å²) >= 11 is 0. The number of carbonyl (C=O) groups is 9. The second-order valence-electron chi connectivity index (χ2n) is 19.9. The molecule has 5 aromatic rings. The number of aromatic amines is 1. The SMILES string of the molecule is CC(C)[C@H](NC(=O)[C@H](CCC(=O)O)NC(=O)CCOCCOCCOCCOCCN1C(=O)C=CC1=O)C(=O)N[C@@H](CCCNC(N)=O)C(=O)Nc1ccc(COC(=O)NCCn2cc(-c3cc(-c4cn[nH]c4-c4ccccn4)ccc3F)cn2)cc1. The Balaban J connectivity index is 0.911. The Kier molecular flexibility index (Phi) is 26.9. The Labute approximate surface area is 499 Å². The molecule has 10 N–H and O–H groups in total. The van der Waals surface area contributed by atoms with Gasteiger partial charge in [-0.2, -0.15) is 10.2 Å². The quantitative estimate of drug-likeness (QED) is 0.0203. The van der Waals surface area contributed by atoms with Crippen LogP contribution in [0.5, 0.6) is 0 Å². The number of imide groups is 1. The van der Waals surface area contributed by atoms with Crippen molar-refractivity contribution < 1.29 is 76.3 Å². The fraction of sp³-hybridized carbons (Fsp3) is 0.414. The summed E-state index contributed by atoms with van der Waals surface area (Å²) in [5.74, 6) is -5.87. The molecule has 2 aromatic carbocycles. The number of carboxylic acid groups (broad SMARTS) is 1. The van der Waals surface area contributed by atoms with E-state index in [1.54, 1.807) is 79.6 Å². The van der Waals surface area contributed by atoms with Gasteiger partial charge in [-0.15, -0.1) is 0 Å². The fourth-order valence-electron chi connectivity index (χ4n) is 8.51. The maximum Gasteiger partial charge on any atom is 0.407 e. The number of halogens is 1. The molecular formula is C58H72FN13O15. The van der Waals surface area contributed by atoms with Crippen LogP contribution in [0.2, 0.25) is 0 Å². The lowest BCUT2D eigenvalue weighted by atomic mass is 9.99. The molecular weight excluding hydrogens is 1140 g/mol. The average molecular weight is 1210 g/mol. The van der Waals surface area contributed by atoms with Crippen molar-refractivity contribution >= 4 is 59.2 Å². The third-order valence-corrected chi connectivity index (χ3v) is 13.1. The van der Waals surface area contributed by atoms with Crippen LogP contribution in [0.4, 0.5) is 19.7 Å². The van der Waals surface area contributed by atoms with Crippen LogP contribution in [-0.2, 0) is 70.4 Å². The van der Waals surface area contributed by atoms with Gasteiger partial charge in [-0.3, -0.25) is 53.2 Å². The fourth-order valence-corrected chi connectivity index (χ4v) is 8.51. The molecule has 29 heteroatoms. The van der Waals surface area contributed by atoms with Gasteiger partial charge >= 0.3 is 18.1 Å². The van der Waals surface area contributed by atoms with Crippen LogP contribution >= 0.6 is 0 Å². The van der Waals surface area contributed by atoms with Crippen molar-refractivity contribution in [3.05, 3.63) is 109 Å². The Morgan fingerprint density at radius 2 is 1.40 bits per heavy atom. The predicted octanol–water partition coefficient (Wildman–Crippen LogP) is 2.81. The summed E-state index contributed by atoms with van der Waals surface area (Å²) in [7, 11) is 0. The number of primary amides is 1. The Hall–Kier alpha value is -9.45. The number of aliphatic carboxylic acids is 1. The highest BCUT2D eigenvalue weighted by Gasteiger charge is 2.32. The first kappa shape index (κ1) is 66.7. The molecule has 3 atom stereocenters. The molecule has 0 radical (unpaired) electrons. The number of benzene rings is 2. The van der Waals surface area contributed by atoms with Crippen molar-refractivity contribution in [3.63, 3.8) is 0 Å². The highest BCUT2D eigenvalue weighted by Crippen LogP contribution is 2.33. The van der Waals surface area contributed by atoms with Crippen LogP contribution in [-0.4, -0.2) is 179 Å².